The molecule has 0 saturated carbocycles. The van der Waals surface area contributed by atoms with E-state index in [0.717, 1.165) is 12.8 Å². The highest BCUT2D eigenvalue weighted by atomic mass is 14.2. The Kier molecular flexibility index (Phi) is 2.05. The van der Waals surface area contributed by atoms with Crippen LogP contribution in [0.25, 0.3) is 5.57 Å². The van der Waals surface area contributed by atoms with Gasteiger partial charge < -0.3 is 0 Å². The van der Waals surface area contributed by atoms with Gasteiger partial charge in [-0.1, -0.05) is 43.8 Å². The molecule has 0 nitrogen and oxygen atoms in total. The van der Waals surface area contributed by atoms with Crippen LogP contribution in [0.3, 0.4) is 0 Å². The minimum Gasteiger partial charge on any atom is -0.0988 e. The van der Waals surface area contributed by atoms with E-state index in [9.17, 15) is 0 Å². The molecule has 1 aromatic rings. The average molecular weight is 170 g/mol. The van der Waals surface area contributed by atoms with E-state index >= 15 is 0 Å². The number of hydrogen-bond acceptors (Lipinski definition) is 0. The van der Waals surface area contributed by atoms with Gasteiger partial charge in [-0.25, -0.2) is 0 Å². The molecule has 0 saturated heterocycles. The van der Waals surface area contributed by atoms with Crippen LogP contribution in [0.15, 0.2) is 42.5 Å². The molecular weight excluding hydrogens is 156 g/mol. The second-order valence-corrected chi connectivity index (χ2v) is 3.40. The quantitative estimate of drug-likeness (QED) is 0.636. The van der Waals surface area contributed by atoms with E-state index in [1.54, 1.807) is 0 Å². The fraction of sp³-hybridized carbons (Fsp3) is 0.231. The summed E-state index contributed by atoms with van der Waals surface area (Å²) in [4.78, 5) is 0. The lowest BCUT2D eigenvalue weighted by Crippen LogP contribution is -1.81. The first kappa shape index (κ1) is 8.31. The zero-order chi connectivity index (χ0) is 9.26. The molecule has 1 aliphatic rings. The number of hydrogen-bond donors (Lipinski definition) is 0. The lowest BCUT2D eigenvalue weighted by atomic mass is 10.0. The van der Waals surface area contributed by atoms with Gasteiger partial charge in [0, 0.05) is 0 Å². The van der Waals surface area contributed by atoms with Crippen LogP contribution in [0.1, 0.15) is 24.5 Å². The van der Waals surface area contributed by atoms with E-state index in [-0.39, 0.29) is 0 Å². The van der Waals surface area contributed by atoms with Gasteiger partial charge in [-0.05, 0) is 35.1 Å². The second kappa shape index (κ2) is 3.21. The summed E-state index contributed by atoms with van der Waals surface area (Å²) in [6.07, 6.45) is 4.18. The zero-order valence-corrected chi connectivity index (χ0v) is 8.01. The van der Waals surface area contributed by atoms with Crippen molar-refractivity contribution in [2.45, 2.75) is 19.8 Å². The zero-order valence-electron chi connectivity index (χ0n) is 8.01. The van der Waals surface area contributed by atoms with Gasteiger partial charge in [0.2, 0.25) is 0 Å². The maximum absolute atomic E-state index is 3.87. The van der Waals surface area contributed by atoms with E-state index in [1.165, 1.54) is 22.3 Å². The number of benzene rings is 1. The van der Waals surface area contributed by atoms with Crippen molar-refractivity contribution < 1.29 is 0 Å². The summed E-state index contributed by atoms with van der Waals surface area (Å²) in [7, 11) is 0. The topological polar surface area (TPSA) is 0 Å². The predicted octanol–water partition coefficient (Wildman–Crippen LogP) is 3.59. The Morgan fingerprint density at radius 1 is 1.38 bits per heavy atom. The first-order chi connectivity index (χ1) is 6.36. The first-order valence-corrected chi connectivity index (χ1v) is 4.79. The molecule has 1 aliphatic carbocycles. The van der Waals surface area contributed by atoms with Crippen molar-refractivity contribution in [3.8, 4) is 0 Å². The standard InChI is InChI=1S/C13H14/c1-3-10-9-11-7-5-6-8-13(11)12(10)4-2/h3,5-8H,1,4,9H2,2H3. The Hall–Kier alpha value is -1.30. The number of rotatable bonds is 2. The van der Waals surface area contributed by atoms with Crippen LogP contribution in [-0.4, -0.2) is 0 Å². The maximum Gasteiger partial charge on any atom is -0.00170 e. The Balaban J connectivity index is 2.54. The summed E-state index contributed by atoms with van der Waals surface area (Å²) in [6.45, 7) is 6.08. The van der Waals surface area contributed by atoms with E-state index in [4.69, 9.17) is 0 Å². The monoisotopic (exact) mass is 170 g/mol. The van der Waals surface area contributed by atoms with Crippen molar-refractivity contribution in [2.24, 2.45) is 0 Å². The summed E-state index contributed by atoms with van der Waals surface area (Å²) in [5, 5.41) is 0. The molecule has 0 amide bonds. The van der Waals surface area contributed by atoms with Gasteiger partial charge in [-0.15, -0.1) is 0 Å². The fourth-order valence-corrected chi connectivity index (χ4v) is 2.07. The van der Waals surface area contributed by atoms with E-state index in [2.05, 4.69) is 37.8 Å². The fourth-order valence-electron chi connectivity index (χ4n) is 2.07. The highest BCUT2D eigenvalue weighted by Crippen LogP contribution is 2.34. The van der Waals surface area contributed by atoms with Crippen molar-refractivity contribution in [3.63, 3.8) is 0 Å². The molecule has 0 heteroatoms. The van der Waals surface area contributed by atoms with Crippen LogP contribution in [0.5, 0.6) is 0 Å². The van der Waals surface area contributed by atoms with Crippen LogP contribution < -0.4 is 0 Å². The molecule has 66 valence electrons. The SMILES string of the molecule is C=CC1=C(CC)c2ccccc2C1. The largest absolute Gasteiger partial charge is 0.0988 e. The molecule has 0 N–H and O–H groups in total. The molecular formula is C13H14. The van der Waals surface area contributed by atoms with Gasteiger partial charge in [-0.2, -0.15) is 0 Å². The predicted molar refractivity (Wildman–Crippen MR) is 57.6 cm³/mol. The van der Waals surface area contributed by atoms with Gasteiger partial charge in [0.15, 0.2) is 0 Å². The molecule has 0 heterocycles. The van der Waals surface area contributed by atoms with Crippen LogP contribution in [0.2, 0.25) is 0 Å². The van der Waals surface area contributed by atoms with Gasteiger partial charge >= 0.3 is 0 Å². The van der Waals surface area contributed by atoms with Crippen molar-refractivity contribution >= 4 is 5.57 Å². The third-order valence-electron chi connectivity index (χ3n) is 2.71. The molecule has 0 bridgehead atoms. The minimum absolute atomic E-state index is 1.07. The molecule has 13 heavy (non-hydrogen) atoms. The summed E-state index contributed by atoms with van der Waals surface area (Å²) in [5.41, 5.74) is 5.77. The highest BCUT2D eigenvalue weighted by Gasteiger charge is 2.16. The second-order valence-electron chi connectivity index (χ2n) is 3.40. The maximum atomic E-state index is 3.87. The van der Waals surface area contributed by atoms with Crippen molar-refractivity contribution in [3.05, 3.63) is 53.6 Å². The van der Waals surface area contributed by atoms with Gasteiger partial charge in [0.05, 0.1) is 0 Å². The molecule has 1 aromatic carbocycles. The smallest absolute Gasteiger partial charge is 0.00170 e. The van der Waals surface area contributed by atoms with Crippen LogP contribution in [-0.2, 0) is 6.42 Å². The number of fused-ring (bicyclic) bond motifs is 1. The normalized spacial score (nSPS) is 14.5. The van der Waals surface area contributed by atoms with Crippen molar-refractivity contribution in [2.75, 3.05) is 0 Å². The molecule has 0 fully saturated rings. The highest BCUT2D eigenvalue weighted by molar-refractivity contribution is 5.78. The molecule has 0 atom stereocenters. The summed E-state index contributed by atoms with van der Waals surface area (Å²) < 4.78 is 0. The minimum atomic E-state index is 1.07. The third kappa shape index (κ3) is 1.23. The van der Waals surface area contributed by atoms with Crippen molar-refractivity contribution in [1.82, 2.24) is 0 Å². The molecule has 0 aliphatic heterocycles. The van der Waals surface area contributed by atoms with E-state index in [0.29, 0.717) is 0 Å². The molecule has 0 radical (unpaired) electrons. The average Bonchev–Trinajstić information content (AvgIpc) is 2.55. The Labute approximate surface area is 79.6 Å². The lowest BCUT2D eigenvalue weighted by molar-refractivity contribution is 1.22. The van der Waals surface area contributed by atoms with Gasteiger partial charge in [0.1, 0.15) is 0 Å². The van der Waals surface area contributed by atoms with Crippen LogP contribution in [0.4, 0.5) is 0 Å². The third-order valence-corrected chi connectivity index (χ3v) is 2.71. The Bertz CT molecular complexity index is 369. The summed E-state index contributed by atoms with van der Waals surface area (Å²) in [6, 6.07) is 8.64. The van der Waals surface area contributed by atoms with Crippen molar-refractivity contribution in [1.29, 1.82) is 0 Å². The Morgan fingerprint density at radius 3 is 2.85 bits per heavy atom. The first-order valence-electron chi connectivity index (χ1n) is 4.79. The van der Waals surface area contributed by atoms with Crippen LogP contribution in [0, 0.1) is 0 Å². The van der Waals surface area contributed by atoms with Gasteiger partial charge in [-0.3, -0.25) is 0 Å². The summed E-state index contributed by atoms with van der Waals surface area (Å²) in [5.74, 6) is 0. The van der Waals surface area contributed by atoms with E-state index in [1.807, 2.05) is 6.08 Å². The van der Waals surface area contributed by atoms with Crippen LogP contribution >= 0.6 is 0 Å². The molecule has 0 spiro atoms. The van der Waals surface area contributed by atoms with Gasteiger partial charge in [0.25, 0.3) is 0 Å². The molecule has 0 unspecified atom stereocenters. The lowest BCUT2D eigenvalue weighted by Gasteiger charge is -2.01. The Morgan fingerprint density at radius 2 is 2.15 bits per heavy atom. The molecule has 0 aromatic heterocycles. The molecule has 2 rings (SSSR count). The number of allylic oxidation sites excluding steroid dienone is 3. The summed E-state index contributed by atoms with van der Waals surface area (Å²) >= 11 is 0. The van der Waals surface area contributed by atoms with E-state index < -0.39 is 0 Å².